The molecule has 0 aromatic heterocycles. The molecule has 1 aliphatic rings. The molecule has 2 rings (SSSR count). The lowest BCUT2D eigenvalue weighted by atomic mass is 10.2. The SMILES string of the molecule is COc1ccc(S(=O)(=O)N2CC(C)NCC2C)cc1C. The molecule has 0 radical (unpaired) electrons. The topological polar surface area (TPSA) is 58.6 Å². The van der Waals surface area contributed by atoms with Crippen LogP contribution >= 0.6 is 0 Å². The van der Waals surface area contributed by atoms with E-state index in [2.05, 4.69) is 5.32 Å². The number of piperazine rings is 1. The number of hydrogen-bond acceptors (Lipinski definition) is 4. The van der Waals surface area contributed by atoms with Gasteiger partial charge >= 0.3 is 0 Å². The largest absolute Gasteiger partial charge is 0.496 e. The molecule has 1 N–H and O–H groups in total. The summed E-state index contributed by atoms with van der Waals surface area (Å²) in [5, 5.41) is 3.29. The summed E-state index contributed by atoms with van der Waals surface area (Å²) in [6.45, 7) is 6.94. The maximum Gasteiger partial charge on any atom is 0.243 e. The Morgan fingerprint density at radius 3 is 2.65 bits per heavy atom. The van der Waals surface area contributed by atoms with E-state index in [1.807, 2.05) is 20.8 Å². The van der Waals surface area contributed by atoms with Gasteiger partial charge in [0.25, 0.3) is 0 Å². The quantitative estimate of drug-likeness (QED) is 0.916. The summed E-state index contributed by atoms with van der Waals surface area (Å²) in [7, 11) is -1.87. The summed E-state index contributed by atoms with van der Waals surface area (Å²) in [4.78, 5) is 0.330. The Balaban J connectivity index is 2.36. The molecule has 6 heteroatoms. The van der Waals surface area contributed by atoms with Crippen molar-refractivity contribution < 1.29 is 13.2 Å². The molecule has 5 nitrogen and oxygen atoms in total. The van der Waals surface area contributed by atoms with E-state index in [1.165, 1.54) is 0 Å². The zero-order valence-electron chi connectivity index (χ0n) is 12.4. The van der Waals surface area contributed by atoms with Gasteiger partial charge in [0.2, 0.25) is 10.0 Å². The van der Waals surface area contributed by atoms with Gasteiger partial charge in [0.05, 0.1) is 12.0 Å². The number of benzene rings is 1. The average Bonchev–Trinajstić information content (AvgIpc) is 2.41. The van der Waals surface area contributed by atoms with E-state index in [0.717, 1.165) is 5.56 Å². The second kappa shape index (κ2) is 5.71. The van der Waals surface area contributed by atoms with Crippen molar-refractivity contribution in [3.05, 3.63) is 23.8 Å². The maximum atomic E-state index is 12.8. The van der Waals surface area contributed by atoms with Crippen LogP contribution in [-0.4, -0.2) is 45.0 Å². The van der Waals surface area contributed by atoms with Crippen LogP contribution in [0.4, 0.5) is 0 Å². The van der Waals surface area contributed by atoms with Crippen molar-refractivity contribution in [1.29, 1.82) is 0 Å². The molecule has 1 aliphatic heterocycles. The third-order valence-electron chi connectivity index (χ3n) is 3.68. The van der Waals surface area contributed by atoms with Crippen LogP contribution in [0.3, 0.4) is 0 Å². The van der Waals surface area contributed by atoms with Crippen LogP contribution in [0, 0.1) is 6.92 Å². The first-order valence-corrected chi connectivity index (χ1v) is 8.20. The fraction of sp³-hybridized carbons (Fsp3) is 0.571. The number of methoxy groups -OCH3 is 1. The standard InChI is InChI=1S/C14H22N2O3S/c1-10-7-13(5-6-14(10)19-4)20(17,18)16-9-11(2)15-8-12(16)3/h5-7,11-12,15H,8-9H2,1-4H3. The van der Waals surface area contributed by atoms with Gasteiger partial charge in [-0.1, -0.05) is 0 Å². The highest BCUT2D eigenvalue weighted by molar-refractivity contribution is 7.89. The highest BCUT2D eigenvalue weighted by atomic mass is 32.2. The summed E-state index contributed by atoms with van der Waals surface area (Å²) in [5.74, 6) is 0.700. The lowest BCUT2D eigenvalue weighted by molar-refractivity contribution is 0.244. The third kappa shape index (κ3) is 2.82. The van der Waals surface area contributed by atoms with Crippen molar-refractivity contribution in [2.24, 2.45) is 0 Å². The smallest absolute Gasteiger partial charge is 0.243 e. The predicted octanol–water partition coefficient (Wildman–Crippen LogP) is 1.37. The first-order valence-electron chi connectivity index (χ1n) is 6.76. The molecule has 2 atom stereocenters. The molecular weight excluding hydrogens is 276 g/mol. The molecule has 0 bridgehead atoms. The van der Waals surface area contributed by atoms with Crippen molar-refractivity contribution in [1.82, 2.24) is 9.62 Å². The monoisotopic (exact) mass is 298 g/mol. The minimum absolute atomic E-state index is 0.0430. The van der Waals surface area contributed by atoms with Crippen LogP contribution < -0.4 is 10.1 Å². The number of nitrogens with zero attached hydrogens (tertiary/aromatic N) is 1. The van der Waals surface area contributed by atoms with Crippen molar-refractivity contribution in [3.8, 4) is 5.75 Å². The Labute approximate surface area is 121 Å². The molecule has 1 heterocycles. The van der Waals surface area contributed by atoms with Crippen LogP contribution in [-0.2, 0) is 10.0 Å². The maximum absolute atomic E-state index is 12.8. The fourth-order valence-corrected chi connectivity index (χ4v) is 4.27. The minimum Gasteiger partial charge on any atom is -0.496 e. The summed E-state index contributed by atoms with van der Waals surface area (Å²) in [6.07, 6.45) is 0. The molecule has 1 aromatic carbocycles. The van der Waals surface area contributed by atoms with Gasteiger partial charge in [-0.3, -0.25) is 0 Å². The Kier molecular flexibility index (Phi) is 4.36. The van der Waals surface area contributed by atoms with Gasteiger partial charge in [-0.15, -0.1) is 0 Å². The first-order chi connectivity index (χ1) is 9.36. The molecule has 1 saturated heterocycles. The molecule has 20 heavy (non-hydrogen) atoms. The molecule has 0 saturated carbocycles. The molecule has 2 unspecified atom stereocenters. The lowest BCUT2D eigenvalue weighted by Gasteiger charge is -2.36. The molecule has 112 valence electrons. The van der Waals surface area contributed by atoms with E-state index in [-0.39, 0.29) is 12.1 Å². The third-order valence-corrected chi connectivity index (χ3v) is 5.66. The highest BCUT2D eigenvalue weighted by Crippen LogP contribution is 2.25. The van der Waals surface area contributed by atoms with E-state index in [0.29, 0.717) is 23.7 Å². The van der Waals surface area contributed by atoms with E-state index < -0.39 is 10.0 Å². The summed E-state index contributed by atoms with van der Waals surface area (Å²) in [5.41, 5.74) is 0.824. The van der Waals surface area contributed by atoms with Gasteiger partial charge in [-0.2, -0.15) is 4.31 Å². The van der Waals surface area contributed by atoms with Crippen LogP contribution in [0.1, 0.15) is 19.4 Å². The van der Waals surface area contributed by atoms with Crippen LogP contribution in [0.15, 0.2) is 23.1 Å². The zero-order valence-corrected chi connectivity index (χ0v) is 13.2. The van der Waals surface area contributed by atoms with Gasteiger partial charge in [0, 0.05) is 25.2 Å². The predicted molar refractivity (Wildman–Crippen MR) is 78.5 cm³/mol. The van der Waals surface area contributed by atoms with E-state index >= 15 is 0 Å². The number of nitrogens with one attached hydrogen (secondary N) is 1. The van der Waals surface area contributed by atoms with Gasteiger partial charge in [0.15, 0.2) is 0 Å². The Hall–Kier alpha value is -1.11. The highest BCUT2D eigenvalue weighted by Gasteiger charge is 2.33. The Morgan fingerprint density at radius 1 is 1.35 bits per heavy atom. The first kappa shape index (κ1) is 15.3. The number of ether oxygens (including phenoxy) is 1. The normalized spacial score (nSPS) is 24.6. The second-order valence-electron chi connectivity index (χ2n) is 5.36. The van der Waals surface area contributed by atoms with E-state index in [4.69, 9.17) is 4.74 Å². The van der Waals surface area contributed by atoms with Crippen molar-refractivity contribution >= 4 is 10.0 Å². The Morgan fingerprint density at radius 2 is 2.05 bits per heavy atom. The van der Waals surface area contributed by atoms with Gasteiger partial charge < -0.3 is 10.1 Å². The van der Waals surface area contributed by atoms with E-state index in [1.54, 1.807) is 29.6 Å². The molecule has 0 aliphatic carbocycles. The number of hydrogen-bond donors (Lipinski definition) is 1. The molecular formula is C14H22N2O3S. The number of sulfonamides is 1. The second-order valence-corrected chi connectivity index (χ2v) is 7.26. The number of aryl methyl sites for hydroxylation is 1. The minimum atomic E-state index is -3.45. The van der Waals surface area contributed by atoms with Gasteiger partial charge in [-0.25, -0.2) is 8.42 Å². The van der Waals surface area contributed by atoms with E-state index in [9.17, 15) is 8.42 Å². The van der Waals surface area contributed by atoms with Gasteiger partial charge in [0.1, 0.15) is 5.75 Å². The summed E-state index contributed by atoms with van der Waals surface area (Å²) in [6, 6.07) is 5.12. The van der Waals surface area contributed by atoms with Crippen LogP contribution in [0.2, 0.25) is 0 Å². The molecule has 1 fully saturated rings. The molecule has 1 aromatic rings. The van der Waals surface area contributed by atoms with Crippen LogP contribution in [0.5, 0.6) is 5.75 Å². The number of rotatable bonds is 3. The Bertz CT molecular complexity index is 586. The van der Waals surface area contributed by atoms with Crippen LogP contribution in [0.25, 0.3) is 0 Å². The van der Waals surface area contributed by atoms with Crippen molar-refractivity contribution in [2.45, 2.75) is 37.8 Å². The average molecular weight is 298 g/mol. The zero-order chi connectivity index (χ0) is 14.9. The summed E-state index contributed by atoms with van der Waals surface area (Å²) < 4.78 is 32.3. The lowest BCUT2D eigenvalue weighted by Crippen LogP contribution is -2.56. The summed E-state index contributed by atoms with van der Waals surface area (Å²) >= 11 is 0. The molecule has 0 amide bonds. The molecule has 0 spiro atoms. The van der Waals surface area contributed by atoms with Gasteiger partial charge in [-0.05, 0) is 44.5 Å². The van der Waals surface area contributed by atoms with Crippen molar-refractivity contribution in [3.63, 3.8) is 0 Å². The van der Waals surface area contributed by atoms with Crippen molar-refractivity contribution in [2.75, 3.05) is 20.2 Å². The fourth-order valence-electron chi connectivity index (χ4n) is 2.47.